The third-order valence-corrected chi connectivity index (χ3v) is 3.45. The number of carbonyl (C=O) groups excluding carboxylic acids is 3. The molecule has 0 saturated carbocycles. The van der Waals surface area contributed by atoms with Crippen LogP contribution in [0, 0.1) is 0 Å². The number of phenolic OH excluding ortho intramolecular Hbond substituents is 1. The van der Waals surface area contributed by atoms with Crippen molar-refractivity contribution < 1.29 is 19.5 Å². The van der Waals surface area contributed by atoms with E-state index in [9.17, 15) is 19.5 Å². The Morgan fingerprint density at radius 1 is 1.45 bits per heavy atom. The fraction of sp³-hybridized carbons (Fsp3) is 0.357. The molecule has 0 bridgehead atoms. The van der Waals surface area contributed by atoms with Crippen LogP contribution in [0.3, 0.4) is 0 Å². The van der Waals surface area contributed by atoms with Gasteiger partial charge in [0.1, 0.15) is 17.6 Å². The minimum atomic E-state index is -0.835. The number of nitrogens with two attached hydrogens (primary N) is 1. The van der Waals surface area contributed by atoms with Crippen molar-refractivity contribution in [3.05, 3.63) is 29.3 Å². The van der Waals surface area contributed by atoms with E-state index < -0.39 is 11.9 Å². The van der Waals surface area contributed by atoms with E-state index in [1.54, 1.807) is 12.1 Å². The summed E-state index contributed by atoms with van der Waals surface area (Å²) in [4.78, 5) is 36.2. The quantitative estimate of drug-likeness (QED) is 0.821. The highest BCUT2D eigenvalue weighted by molar-refractivity contribution is 6.01. The second-order valence-corrected chi connectivity index (χ2v) is 4.90. The van der Waals surface area contributed by atoms with Crippen molar-refractivity contribution in [3.8, 4) is 5.75 Å². The molecule has 0 unspecified atom stereocenters. The van der Waals surface area contributed by atoms with Crippen LogP contribution in [0.4, 0.5) is 0 Å². The average Bonchev–Trinajstić information content (AvgIpc) is 2.69. The third-order valence-electron chi connectivity index (χ3n) is 3.45. The molecule has 6 heteroatoms. The fourth-order valence-corrected chi connectivity index (χ4v) is 2.38. The van der Waals surface area contributed by atoms with Gasteiger partial charge in [-0.25, -0.2) is 0 Å². The van der Waals surface area contributed by atoms with E-state index in [2.05, 4.69) is 0 Å². The number of carbonyl (C=O) groups is 3. The number of fused-ring (bicyclic) bond motifs is 1. The van der Waals surface area contributed by atoms with Gasteiger partial charge in [0.2, 0.25) is 5.91 Å². The van der Waals surface area contributed by atoms with Gasteiger partial charge in [0.15, 0.2) is 0 Å². The summed E-state index contributed by atoms with van der Waals surface area (Å²) in [5.41, 5.74) is 6.20. The first-order valence-corrected chi connectivity index (χ1v) is 6.32. The molecule has 1 aliphatic heterocycles. The zero-order chi connectivity index (χ0) is 14.9. The summed E-state index contributed by atoms with van der Waals surface area (Å²) >= 11 is 0. The van der Waals surface area contributed by atoms with Crippen LogP contribution in [-0.4, -0.2) is 33.6 Å². The molecule has 3 N–H and O–H groups in total. The summed E-state index contributed by atoms with van der Waals surface area (Å²) in [6.07, 6.45) is 0.380. The summed E-state index contributed by atoms with van der Waals surface area (Å²) in [6.45, 7) is 1.55. The number of rotatable bonds is 5. The number of aromatic hydroxyl groups is 1. The Bertz CT molecular complexity index is 583. The molecule has 0 fully saturated rings. The number of hydrogen-bond donors (Lipinski definition) is 2. The van der Waals surface area contributed by atoms with Crippen LogP contribution in [0.2, 0.25) is 0 Å². The summed E-state index contributed by atoms with van der Waals surface area (Å²) in [5, 5.41) is 9.76. The van der Waals surface area contributed by atoms with E-state index in [4.69, 9.17) is 5.73 Å². The Hall–Kier alpha value is -2.37. The van der Waals surface area contributed by atoms with Crippen molar-refractivity contribution in [2.24, 2.45) is 5.73 Å². The van der Waals surface area contributed by atoms with Gasteiger partial charge < -0.3 is 20.5 Å². The lowest BCUT2D eigenvalue weighted by Gasteiger charge is -2.24. The lowest BCUT2D eigenvalue weighted by Crippen LogP contribution is -2.45. The SMILES string of the molecule is CC(=O)CC[C@@H](C(N)=O)N1Cc2c(O)cccc2C1=O. The van der Waals surface area contributed by atoms with E-state index >= 15 is 0 Å². The molecular weight excluding hydrogens is 260 g/mol. The summed E-state index contributed by atoms with van der Waals surface area (Å²) in [7, 11) is 0. The Labute approximate surface area is 116 Å². The molecule has 0 radical (unpaired) electrons. The predicted octanol–water partition coefficient (Wildman–Crippen LogP) is 0.571. The number of phenols is 1. The van der Waals surface area contributed by atoms with Crippen LogP contribution < -0.4 is 5.73 Å². The average molecular weight is 276 g/mol. The molecule has 106 valence electrons. The molecule has 2 rings (SSSR count). The molecule has 0 spiro atoms. The van der Waals surface area contributed by atoms with Crippen molar-refractivity contribution in [2.45, 2.75) is 32.4 Å². The van der Waals surface area contributed by atoms with E-state index in [1.807, 2.05) is 0 Å². The lowest BCUT2D eigenvalue weighted by atomic mass is 10.1. The number of nitrogens with zero attached hydrogens (tertiary/aromatic N) is 1. The van der Waals surface area contributed by atoms with Crippen LogP contribution in [-0.2, 0) is 16.1 Å². The fourth-order valence-electron chi connectivity index (χ4n) is 2.38. The molecule has 1 aromatic carbocycles. The largest absolute Gasteiger partial charge is 0.508 e. The molecule has 0 aromatic heterocycles. The van der Waals surface area contributed by atoms with Crippen LogP contribution in [0.1, 0.15) is 35.7 Å². The predicted molar refractivity (Wildman–Crippen MR) is 70.9 cm³/mol. The van der Waals surface area contributed by atoms with E-state index in [-0.39, 0.29) is 36.8 Å². The van der Waals surface area contributed by atoms with Crippen LogP contribution in [0.25, 0.3) is 0 Å². The second kappa shape index (κ2) is 5.32. The Morgan fingerprint density at radius 3 is 2.70 bits per heavy atom. The molecular formula is C14H16N2O4. The van der Waals surface area contributed by atoms with Gasteiger partial charge in [0.05, 0.1) is 6.54 Å². The molecule has 1 aliphatic rings. The maximum atomic E-state index is 12.3. The maximum Gasteiger partial charge on any atom is 0.255 e. The summed E-state index contributed by atoms with van der Waals surface area (Å²) in [5.74, 6) is -1.04. The Balaban J connectivity index is 2.25. The topological polar surface area (TPSA) is 101 Å². The minimum Gasteiger partial charge on any atom is -0.508 e. The highest BCUT2D eigenvalue weighted by Crippen LogP contribution is 2.31. The van der Waals surface area contributed by atoms with Gasteiger partial charge in [-0.3, -0.25) is 9.59 Å². The lowest BCUT2D eigenvalue weighted by molar-refractivity contribution is -0.123. The number of Topliss-reactive ketones (excluding diaryl/α,β-unsaturated/α-hetero) is 1. The first-order chi connectivity index (χ1) is 9.41. The van der Waals surface area contributed by atoms with Gasteiger partial charge in [-0.15, -0.1) is 0 Å². The number of amides is 2. The van der Waals surface area contributed by atoms with Gasteiger partial charge in [-0.2, -0.15) is 0 Å². The smallest absolute Gasteiger partial charge is 0.255 e. The molecule has 1 atom stereocenters. The second-order valence-electron chi connectivity index (χ2n) is 4.90. The van der Waals surface area contributed by atoms with E-state index in [0.29, 0.717) is 11.1 Å². The van der Waals surface area contributed by atoms with Crippen molar-refractivity contribution in [1.29, 1.82) is 0 Å². The summed E-state index contributed by atoms with van der Waals surface area (Å²) in [6, 6.07) is 3.83. The Morgan fingerprint density at radius 2 is 2.15 bits per heavy atom. The van der Waals surface area contributed by atoms with Crippen LogP contribution in [0.5, 0.6) is 5.75 Å². The number of ketones is 1. The van der Waals surface area contributed by atoms with Crippen molar-refractivity contribution in [1.82, 2.24) is 4.90 Å². The maximum absolute atomic E-state index is 12.3. The van der Waals surface area contributed by atoms with Crippen molar-refractivity contribution >= 4 is 17.6 Å². The standard InChI is InChI=1S/C14H16N2O4/c1-8(17)5-6-11(13(15)19)16-7-10-9(14(16)20)3-2-4-12(10)18/h2-4,11,18H,5-7H2,1H3,(H2,15,19)/t11-/m0/s1. The highest BCUT2D eigenvalue weighted by Gasteiger charge is 2.36. The number of primary amides is 1. The number of hydrogen-bond acceptors (Lipinski definition) is 4. The third kappa shape index (κ3) is 2.49. The van der Waals surface area contributed by atoms with Gasteiger partial charge in [0, 0.05) is 17.5 Å². The molecule has 0 saturated heterocycles. The molecule has 2 amide bonds. The van der Waals surface area contributed by atoms with Crippen LogP contribution >= 0.6 is 0 Å². The monoisotopic (exact) mass is 276 g/mol. The van der Waals surface area contributed by atoms with Gasteiger partial charge in [-0.1, -0.05) is 6.07 Å². The van der Waals surface area contributed by atoms with Gasteiger partial charge in [-0.05, 0) is 25.5 Å². The zero-order valence-corrected chi connectivity index (χ0v) is 11.1. The first-order valence-electron chi connectivity index (χ1n) is 6.32. The molecule has 6 nitrogen and oxygen atoms in total. The molecule has 1 heterocycles. The molecule has 1 aromatic rings. The molecule has 0 aliphatic carbocycles. The molecule has 20 heavy (non-hydrogen) atoms. The van der Waals surface area contributed by atoms with Crippen molar-refractivity contribution in [2.75, 3.05) is 0 Å². The van der Waals surface area contributed by atoms with Gasteiger partial charge in [0.25, 0.3) is 5.91 Å². The van der Waals surface area contributed by atoms with Crippen LogP contribution in [0.15, 0.2) is 18.2 Å². The van der Waals surface area contributed by atoms with Gasteiger partial charge >= 0.3 is 0 Å². The Kier molecular flexibility index (Phi) is 3.74. The van der Waals surface area contributed by atoms with E-state index in [0.717, 1.165) is 0 Å². The highest BCUT2D eigenvalue weighted by atomic mass is 16.3. The number of benzene rings is 1. The van der Waals surface area contributed by atoms with Crippen molar-refractivity contribution in [3.63, 3.8) is 0 Å². The zero-order valence-electron chi connectivity index (χ0n) is 11.1. The first kappa shape index (κ1) is 14.0. The summed E-state index contributed by atoms with van der Waals surface area (Å²) < 4.78 is 0. The normalized spacial score (nSPS) is 15.1. The minimum absolute atomic E-state index is 0.0214. The van der Waals surface area contributed by atoms with E-state index in [1.165, 1.54) is 17.9 Å².